The minimum atomic E-state index is -0.714. The molecule has 33 heavy (non-hydrogen) atoms. The Morgan fingerprint density at radius 2 is 1.55 bits per heavy atom. The van der Waals surface area contributed by atoms with Gasteiger partial charge in [0, 0.05) is 42.3 Å². The number of ketones is 1. The minimum Gasteiger partial charge on any atom is -0.494 e. The van der Waals surface area contributed by atoms with E-state index in [2.05, 4.69) is 9.80 Å². The van der Waals surface area contributed by atoms with Crippen molar-refractivity contribution in [2.45, 2.75) is 38.6 Å². The third kappa shape index (κ3) is 7.56. The molecule has 3 rings (SSSR count). The molecule has 1 saturated heterocycles. The first-order valence-corrected chi connectivity index (χ1v) is 12.1. The Morgan fingerprint density at radius 1 is 0.939 bits per heavy atom. The number of benzene rings is 2. The fourth-order valence-corrected chi connectivity index (χ4v) is 4.29. The number of carboxylic acid groups (broad SMARTS) is 1. The zero-order chi connectivity index (χ0) is 23.6. The molecule has 0 aromatic heterocycles. The molecule has 1 atom stereocenters. The third-order valence-corrected chi connectivity index (χ3v) is 6.38. The molecule has 1 aliphatic heterocycles. The summed E-state index contributed by atoms with van der Waals surface area (Å²) in [7, 11) is 0. The highest BCUT2D eigenvalue weighted by molar-refractivity contribution is 6.30. The number of aliphatic carboxylic acids is 1. The smallest absolute Gasteiger partial charge is 0.320 e. The fourth-order valence-electron chi connectivity index (χ4n) is 4.16. The number of carboxylic acids is 1. The van der Waals surface area contributed by atoms with Crippen molar-refractivity contribution in [1.29, 1.82) is 0 Å². The van der Waals surface area contributed by atoms with Gasteiger partial charge in [-0.15, -0.1) is 0 Å². The van der Waals surface area contributed by atoms with Crippen molar-refractivity contribution < 1.29 is 19.4 Å². The predicted molar refractivity (Wildman–Crippen MR) is 130 cm³/mol. The first kappa shape index (κ1) is 25.2. The molecule has 1 N–H and O–H groups in total. The van der Waals surface area contributed by atoms with Crippen LogP contribution in [0.15, 0.2) is 48.5 Å². The number of carbonyl (C=O) groups excluding carboxylic acids is 1. The van der Waals surface area contributed by atoms with E-state index in [1.807, 2.05) is 19.1 Å². The topological polar surface area (TPSA) is 70.1 Å². The number of halogens is 1. The number of ether oxygens (including phenoxy) is 1. The summed E-state index contributed by atoms with van der Waals surface area (Å²) in [6, 6.07) is 13.8. The first-order chi connectivity index (χ1) is 16.0. The quantitative estimate of drug-likeness (QED) is 0.359. The number of nitrogens with zero attached hydrogens (tertiary/aromatic N) is 2. The molecule has 0 amide bonds. The molecule has 6 nitrogen and oxygen atoms in total. The maximum atomic E-state index is 12.5. The van der Waals surface area contributed by atoms with E-state index in [0.717, 1.165) is 57.7 Å². The zero-order valence-corrected chi connectivity index (χ0v) is 20.0. The van der Waals surface area contributed by atoms with Crippen LogP contribution in [-0.2, 0) is 4.79 Å². The number of rotatable bonds is 12. The van der Waals surface area contributed by atoms with Crippen molar-refractivity contribution in [2.24, 2.45) is 0 Å². The summed E-state index contributed by atoms with van der Waals surface area (Å²) in [4.78, 5) is 28.3. The summed E-state index contributed by atoms with van der Waals surface area (Å²) >= 11 is 5.88. The van der Waals surface area contributed by atoms with Crippen molar-refractivity contribution in [3.63, 3.8) is 0 Å². The molecule has 1 unspecified atom stereocenters. The maximum Gasteiger partial charge on any atom is 0.320 e. The highest BCUT2D eigenvalue weighted by Crippen LogP contribution is 2.18. The number of unbranched alkanes of at least 4 members (excludes halogenated alkanes) is 2. The fraction of sp³-hybridized carbons (Fsp3) is 0.462. The van der Waals surface area contributed by atoms with Gasteiger partial charge in [-0.2, -0.15) is 0 Å². The molecule has 2 aromatic carbocycles. The van der Waals surface area contributed by atoms with Crippen LogP contribution in [0.25, 0.3) is 0 Å². The van der Waals surface area contributed by atoms with Gasteiger partial charge >= 0.3 is 5.97 Å². The van der Waals surface area contributed by atoms with E-state index >= 15 is 0 Å². The SMILES string of the molecule is CCC(C(=O)O)N1CCN(CCCCCOc2ccc(C(=O)c3ccc(Cl)cc3)cc2)CC1. The lowest BCUT2D eigenvalue weighted by Gasteiger charge is -2.37. The van der Waals surface area contributed by atoms with Crippen LogP contribution in [0.4, 0.5) is 0 Å². The number of hydrogen-bond acceptors (Lipinski definition) is 5. The number of piperazine rings is 1. The predicted octanol–water partition coefficient (Wildman–Crippen LogP) is 4.60. The van der Waals surface area contributed by atoms with Crippen molar-refractivity contribution in [1.82, 2.24) is 9.80 Å². The Labute approximate surface area is 201 Å². The van der Waals surface area contributed by atoms with Gasteiger partial charge in [0.1, 0.15) is 11.8 Å². The average molecular weight is 473 g/mol. The monoisotopic (exact) mass is 472 g/mol. The van der Waals surface area contributed by atoms with Crippen LogP contribution < -0.4 is 4.74 Å². The van der Waals surface area contributed by atoms with Gasteiger partial charge in [-0.05, 0) is 80.8 Å². The molecule has 0 radical (unpaired) electrons. The van der Waals surface area contributed by atoms with E-state index in [1.54, 1.807) is 36.4 Å². The molecule has 0 bridgehead atoms. The molecule has 0 spiro atoms. The summed E-state index contributed by atoms with van der Waals surface area (Å²) in [6.45, 7) is 7.13. The summed E-state index contributed by atoms with van der Waals surface area (Å²) in [5, 5.41) is 9.91. The second-order valence-corrected chi connectivity index (χ2v) is 8.85. The van der Waals surface area contributed by atoms with Gasteiger partial charge in [0.15, 0.2) is 5.78 Å². The van der Waals surface area contributed by atoms with Gasteiger partial charge in [-0.1, -0.05) is 18.5 Å². The summed E-state index contributed by atoms with van der Waals surface area (Å²) in [5.74, 6) is 0.0173. The van der Waals surface area contributed by atoms with E-state index in [-0.39, 0.29) is 11.8 Å². The van der Waals surface area contributed by atoms with Gasteiger partial charge in [-0.25, -0.2) is 0 Å². The van der Waals surface area contributed by atoms with Crippen LogP contribution in [0, 0.1) is 0 Å². The standard InChI is InChI=1S/C26H33ClN2O4/c1-2-24(26(31)32)29-17-15-28(16-18-29)14-4-3-5-19-33-23-12-8-21(9-13-23)25(30)20-6-10-22(27)11-7-20/h6-13,24H,2-5,14-19H2,1H3,(H,31,32). The Bertz CT molecular complexity index is 894. The van der Waals surface area contributed by atoms with Crippen LogP contribution >= 0.6 is 11.6 Å². The van der Waals surface area contributed by atoms with Gasteiger partial charge in [0.05, 0.1) is 6.61 Å². The van der Waals surface area contributed by atoms with Gasteiger partial charge in [0.2, 0.25) is 0 Å². The maximum absolute atomic E-state index is 12.5. The third-order valence-electron chi connectivity index (χ3n) is 6.13. The van der Waals surface area contributed by atoms with Gasteiger partial charge < -0.3 is 14.7 Å². The lowest BCUT2D eigenvalue weighted by molar-refractivity contribution is -0.144. The summed E-state index contributed by atoms with van der Waals surface area (Å²) in [6.07, 6.45) is 3.81. The largest absolute Gasteiger partial charge is 0.494 e. The molecule has 0 aliphatic carbocycles. The number of carbonyl (C=O) groups is 2. The molecular formula is C26H33ClN2O4. The van der Waals surface area contributed by atoms with E-state index in [4.69, 9.17) is 16.3 Å². The molecule has 7 heteroatoms. The lowest BCUT2D eigenvalue weighted by Crippen LogP contribution is -2.52. The van der Waals surface area contributed by atoms with Crippen molar-refractivity contribution in [3.8, 4) is 5.75 Å². The van der Waals surface area contributed by atoms with Gasteiger partial charge in [-0.3, -0.25) is 14.5 Å². The molecule has 0 saturated carbocycles. The molecular weight excluding hydrogens is 440 g/mol. The minimum absolute atomic E-state index is 0.0350. The van der Waals surface area contributed by atoms with Crippen LogP contribution in [0.5, 0.6) is 5.75 Å². The highest BCUT2D eigenvalue weighted by Gasteiger charge is 2.27. The highest BCUT2D eigenvalue weighted by atomic mass is 35.5. The van der Waals surface area contributed by atoms with E-state index in [9.17, 15) is 14.7 Å². The molecule has 1 heterocycles. The second kappa shape index (κ2) is 12.7. The molecule has 2 aromatic rings. The lowest BCUT2D eigenvalue weighted by atomic mass is 10.0. The summed E-state index contributed by atoms with van der Waals surface area (Å²) < 4.78 is 5.82. The Hall–Kier alpha value is -2.41. The molecule has 178 valence electrons. The summed E-state index contributed by atoms with van der Waals surface area (Å²) in [5.41, 5.74) is 1.24. The van der Waals surface area contributed by atoms with E-state index in [0.29, 0.717) is 29.2 Å². The molecule has 1 fully saturated rings. The average Bonchev–Trinajstić information content (AvgIpc) is 2.83. The number of hydrogen-bond donors (Lipinski definition) is 1. The van der Waals surface area contributed by atoms with Gasteiger partial charge in [0.25, 0.3) is 0 Å². The van der Waals surface area contributed by atoms with Crippen LogP contribution in [-0.4, -0.2) is 72.0 Å². The molecule has 1 aliphatic rings. The van der Waals surface area contributed by atoms with E-state index in [1.165, 1.54) is 0 Å². The van der Waals surface area contributed by atoms with Crippen LogP contribution in [0.1, 0.15) is 48.5 Å². The van der Waals surface area contributed by atoms with Crippen LogP contribution in [0.3, 0.4) is 0 Å². The second-order valence-electron chi connectivity index (χ2n) is 8.41. The first-order valence-electron chi connectivity index (χ1n) is 11.7. The zero-order valence-electron chi connectivity index (χ0n) is 19.2. The van der Waals surface area contributed by atoms with E-state index < -0.39 is 5.97 Å². The van der Waals surface area contributed by atoms with Crippen molar-refractivity contribution >= 4 is 23.4 Å². The van der Waals surface area contributed by atoms with Crippen LogP contribution in [0.2, 0.25) is 5.02 Å². The normalized spacial score (nSPS) is 15.8. The van der Waals surface area contributed by atoms with Crippen molar-refractivity contribution in [3.05, 3.63) is 64.7 Å². The Balaban J connectivity index is 1.30. The van der Waals surface area contributed by atoms with Crippen molar-refractivity contribution in [2.75, 3.05) is 39.3 Å². The Morgan fingerprint density at radius 3 is 2.12 bits per heavy atom. The Kier molecular flexibility index (Phi) is 9.73.